The van der Waals surface area contributed by atoms with Crippen molar-refractivity contribution in [2.24, 2.45) is 0 Å². The molecule has 2 rings (SSSR count). The average molecular weight is 283 g/mol. The maximum atomic E-state index is 13.4. The van der Waals surface area contributed by atoms with Crippen molar-refractivity contribution in [3.63, 3.8) is 0 Å². The lowest BCUT2D eigenvalue weighted by atomic mass is 10.2. The van der Waals surface area contributed by atoms with E-state index in [1.165, 1.54) is 24.9 Å². The third-order valence-electron chi connectivity index (χ3n) is 3.00. The van der Waals surface area contributed by atoms with Crippen LogP contribution in [0.15, 0.2) is 29.2 Å². The first-order valence-electron chi connectivity index (χ1n) is 6.42. The van der Waals surface area contributed by atoms with E-state index in [4.69, 9.17) is 4.74 Å². The Labute approximate surface area is 116 Å². The Morgan fingerprint density at radius 3 is 2.89 bits per heavy atom. The van der Waals surface area contributed by atoms with Crippen LogP contribution in [0.2, 0.25) is 0 Å². The van der Waals surface area contributed by atoms with Gasteiger partial charge >= 0.3 is 5.97 Å². The van der Waals surface area contributed by atoms with Gasteiger partial charge in [-0.25, -0.2) is 4.39 Å². The average Bonchev–Trinajstić information content (AvgIpc) is 3.23. The number of ether oxygens (including phenoxy) is 1. The lowest BCUT2D eigenvalue weighted by molar-refractivity contribution is -0.143. The molecule has 1 aromatic carbocycles. The molecule has 1 saturated carbocycles. The summed E-state index contributed by atoms with van der Waals surface area (Å²) >= 11 is 1.43. The highest BCUT2D eigenvalue weighted by Crippen LogP contribution is 2.24. The van der Waals surface area contributed by atoms with Crippen LogP contribution in [0.4, 0.5) is 4.39 Å². The van der Waals surface area contributed by atoms with Crippen molar-refractivity contribution in [1.82, 2.24) is 5.32 Å². The lowest BCUT2D eigenvalue weighted by Gasteiger charge is -2.15. The number of hydrogen-bond donors (Lipinski definition) is 1. The standard InChI is InChI=1S/C14H18FNO2S/c1-18-14(17)12(16-10-6-7-10)8-9-19-13-5-3-2-4-11(13)15/h2-5,10,12,16H,6-9H2,1H3. The molecule has 0 saturated heterocycles. The number of methoxy groups -OCH3 is 1. The Morgan fingerprint density at radius 1 is 1.53 bits per heavy atom. The zero-order chi connectivity index (χ0) is 13.7. The second-order valence-corrected chi connectivity index (χ2v) is 5.72. The first-order chi connectivity index (χ1) is 9.20. The number of esters is 1. The molecule has 1 N–H and O–H groups in total. The molecule has 0 aliphatic heterocycles. The first kappa shape index (κ1) is 14.3. The van der Waals surface area contributed by atoms with Crippen LogP contribution in [-0.2, 0) is 9.53 Å². The zero-order valence-electron chi connectivity index (χ0n) is 10.9. The van der Waals surface area contributed by atoms with Gasteiger partial charge in [0, 0.05) is 16.7 Å². The molecule has 1 aliphatic rings. The van der Waals surface area contributed by atoms with E-state index in [2.05, 4.69) is 5.32 Å². The van der Waals surface area contributed by atoms with Crippen LogP contribution in [0.25, 0.3) is 0 Å². The van der Waals surface area contributed by atoms with Crippen molar-refractivity contribution >= 4 is 17.7 Å². The van der Waals surface area contributed by atoms with Crippen LogP contribution < -0.4 is 5.32 Å². The monoisotopic (exact) mass is 283 g/mol. The topological polar surface area (TPSA) is 38.3 Å². The van der Waals surface area contributed by atoms with Crippen molar-refractivity contribution in [2.45, 2.75) is 36.2 Å². The van der Waals surface area contributed by atoms with E-state index in [1.54, 1.807) is 12.1 Å². The maximum absolute atomic E-state index is 13.4. The minimum atomic E-state index is -0.281. The van der Waals surface area contributed by atoms with Gasteiger partial charge in [0.15, 0.2) is 0 Å². The molecule has 19 heavy (non-hydrogen) atoms. The molecule has 1 aromatic rings. The van der Waals surface area contributed by atoms with E-state index in [1.807, 2.05) is 6.07 Å². The van der Waals surface area contributed by atoms with Gasteiger partial charge in [0.2, 0.25) is 0 Å². The SMILES string of the molecule is COC(=O)C(CCSc1ccccc1F)NC1CC1. The van der Waals surface area contributed by atoms with Crippen LogP contribution >= 0.6 is 11.8 Å². The van der Waals surface area contributed by atoms with Crippen molar-refractivity contribution in [3.8, 4) is 0 Å². The van der Waals surface area contributed by atoms with Gasteiger partial charge in [0.25, 0.3) is 0 Å². The van der Waals surface area contributed by atoms with Gasteiger partial charge < -0.3 is 10.1 Å². The number of rotatable bonds is 7. The molecule has 0 radical (unpaired) electrons. The molecule has 0 amide bonds. The fourth-order valence-corrected chi connectivity index (χ4v) is 2.75. The van der Waals surface area contributed by atoms with E-state index < -0.39 is 0 Å². The molecule has 0 heterocycles. The Hall–Kier alpha value is -1.07. The molecule has 1 unspecified atom stereocenters. The molecule has 5 heteroatoms. The van der Waals surface area contributed by atoms with Crippen LogP contribution in [0.1, 0.15) is 19.3 Å². The highest BCUT2D eigenvalue weighted by molar-refractivity contribution is 7.99. The number of halogens is 1. The predicted octanol–water partition coefficient (Wildman–Crippen LogP) is 2.60. The van der Waals surface area contributed by atoms with Gasteiger partial charge in [-0.15, -0.1) is 11.8 Å². The summed E-state index contributed by atoms with van der Waals surface area (Å²) in [5.41, 5.74) is 0. The summed E-state index contributed by atoms with van der Waals surface area (Å²) in [6, 6.07) is 6.85. The maximum Gasteiger partial charge on any atom is 0.322 e. The first-order valence-corrected chi connectivity index (χ1v) is 7.40. The van der Waals surface area contributed by atoms with Crippen LogP contribution in [-0.4, -0.2) is 30.9 Å². The minimum Gasteiger partial charge on any atom is -0.468 e. The fourth-order valence-electron chi connectivity index (χ4n) is 1.79. The van der Waals surface area contributed by atoms with Crippen LogP contribution in [0.5, 0.6) is 0 Å². The highest BCUT2D eigenvalue weighted by atomic mass is 32.2. The Bertz CT molecular complexity index is 437. The molecule has 0 spiro atoms. The number of carbonyl (C=O) groups excluding carboxylic acids is 1. The van der Waals surface area contributed by atoms with Crippen LogP contribution in [0.3, 0.4) is 0 Å². The van der Waals surface area contributed by atoms with Gasteiger partial charge in [0.1, 0.15) is 11.9 Å². The highest BCUT2D eigenvalue weighted by Gasteiger charge is 2.28. The number of thioether (sulfide) groups is 1. The fraction of sp³-hybridized carbons (Fsp3) is 0.500. The van der Waals surface area contributed by atoms with Crippen molar-refractivity contribution in [1.29, 1.82) is 0 Å². The van der Waals surface area contributed by atoms with E-state index in [9.17, 15) is 9.18 Å². The summed E-state index contributed by atoms with van der Waals surface area (Å²) in [5, 5.41) is 3.26. The van der Waals surface area contributed by atoms with E-state index >= 15 is 0 Å². The van der Waals surface area contributed by atoms with E-state index in [0.29, 0.717) is 23.1 Å². The number of hydrogen-bond acceptors (Lipinski definition) is 4. The summed E-state index contributed by atoms with van der Waals surface area (Å²) in [7, 11) is 1.40. The molecule has 0 bridgehead atoms. The van der Waals surface area contributed by atoms with Gasteiger partial charge in [-0.1, -0.05) is 12.1 Å². The van der Waals surface area contributed by atoms with E-state index in [0.717, 1.165) is 12.8 Å². The quantitative estimate of drug-likeness (QED) is 0.616. The second-order valence-electron chi connectivity index (χ2n) is 4.58. The summed E-state index contributed by atoms with van der Waals surface area (Å²) in [4.78, 5) is 12.2. The number of carbonyl (C=O) groups is 1. The molecular formula is C14H18FNO2S. The van der Waals surface area contributed by atoms with Crippen molar-refractivity contribution in [2.75, 3.05) is 12.9 Å². The predicted molar refractivity (Wildman–Crippen MR) is 73.7 cm³/mol. The smallest absolute Gasteiger partial charge is 0.322 e. The molecule has 1 aliphatic carbocycles. The minimum absolute atomic E-state index is 0.211. The van der Waals surface area contributed by atoms with Gasteiger partial charge in [0.05, 0.1) is 7.11 Å². The van der Waals surface area contributed by atoms with Crippen molar-refractivity contribution < 1.29 is 13.9 Å². The largest absolute Gasteiger partial charge is 0.468 e. The van der Waals surface area contributed by atoms with Gasteiger partial charge in [-0.3, -0.25) is 4.79 Å². The normalized spacial score (nSPS) is 16.1. The molecule has 0 aromatic heterocycles. The van der Waals surface area contributed by atoms with Crippen molar-refractivity contribution in [3.05, 3.63) is 30.1 Å². The summed E-state index contributed by atoms with van der Waals surface area (Å²) < 4.78 is 18.2. The Morgan fingerprint density at radius 2 is 2.26 bits per heavy atom. The lowest BCUT2D eigenvalue weighted by Crippen LogP contribution is -2.39. The molecule has 1 fully saturated rings. The summed E-state index contributed by atoms with van der Waals surface area (Å²) in [6.07, 6.45) is 2.88. The Kier molecular flexibility index (Phi) is 5.22. The molecular weight excluding hydrogens is 265 g/mol. The molecule has 1 atom stereocenters. The van der Waals surface area contributed by atoms with Gasteiger partial charge in [-0.2, -0.15) is 0 Å². The van der Waals surface area contributed by atoms with Crippen LogP contribution in [0, 0.1) is 5.82 Å². The third kappa shape index (κ3) is 4.51. The molecule has 104 valence electrons. The Balaban J connectivity index is 1.81. The molecule has 3 nitrogen and oxygen atoms in total. The van der Waals surface area contributed by atoms with E-state index in [-0.39, 0.29) is 17.8 Å². The van der Waals surface area contributed by atoms with Gasteiger partial charge in [-0.05, 0) is 31.4 Å². The zero-order valence-corrected chi connectivity index (χ0v) is 11.7. The second kappa shape index (κ2) is 6.91. The number of benzene rings is 1. The summed E-state index contributed by atoms with van der Waals surface area (Å²) in [5.74, 6) is 0.235. The summed E-state index contributed by atoms with van der Waals surface area (Å²) in [6.45, 7) is 0. The number of nitrogens with one attached hydrogen (secondary N) is 1. The third-order valence-corrected chi connectivity index (χ3v) is 4.08.